The maximum atomic E-state index is 5.39. The van der Waals surface area contributed by atoms with Gasteiger partial charge in [-0.25, -0.2) is 0 Å². The van der Waals surface area contributed by atoms with Gasteiger partial charge in [0, 0.05) is 13.1 Å². The number of nitrogens with one attached hydrogen (secondary N) is 1. The summed E-state index contributed by atoms with van der Waals surface area (Å²) in [6.07, 6.45) is 8.20. The summed E-state index contributed by atoms with van der Waals surface area (Å²) in [6.45, 7) is 9.75. The van der Waals surface area contributed by atoms with Crippen molar-refractivity contribution in [3.63, 3.8) is 0 Å². The van der Waals surface area contributed by atoms with Gasteiger partial charge in [-0.05, 0) is 37.8 Å². The SMILES string of the molecule is C#CCN(CC(C)CNCC)CC1CC1. The molecule has 1 N–H and O–H groups in total. The van der Waals surface area contributed by atoms with Crippen molar-refractivity contribution in [2.75, 3.05) is 32.7 Å². The van der Waals surface area contributed by atoms with Crippen LogP contribution in [0.15, 0.2) is 0 Å². The zero-order valence-electron chi connectivity index (χ0n) is 10.1. The maximum Gasteiger partial charge on any atom is 0.0599 e. The molecule has 2 heteroatoms. The second-order valence-corrected chi connectivity index (χ2v) is 4.75. The largest absolute Gasteiger partial charge is 0.317 e. The van der Waals surface area contributed by atoms with E-state index in [1.807, 2.05) is 0 Å². The van der Waals surface area contributed by atoms with Gasteiger partial charge in [-0.2, -0.15) is 0 Å². The van der Waals surface area contributed by atoms with Gasteiger partial charge in [0.2, 0.25) is 0 Å². The van der Waals surface area contributed by atoms with Crippen molar-refractivity contribution in [2.45, 2.75) is 26.7 Å². The fourth-order valence-electron chi connectivity index (χ4n) is 1.89. The van der Waals surface area contributed by atoms with Gasteiger partial charge in [-0.15, -0.1) is 6.42 Å². The summed E-state index contributed by atoms with van der Waals surface area (Å²) in [6, 6.07) is 0. The molecule has 1 unspecified atom stereocenters. The predicted molar refractivity (Wildman–Crippen MR) is 65.7 cm³/mol. The van der Waals surface area contributed by atoms with Gasteiger partial charge in [0.15, 0.2) is 0 Å². The third kappa shape index (κ3) is 5.81. The van der Waals surface area contributed by atoms with E-state index in [2.05, 4.69) is 30.0 Å². The molecule has 0 aliphatic heterocycles. The molecule has 1 aliphatic carbocycles. The Morgan fingerprint density at radius 1 is 1.53 bits per heavy atom. The molecule has 1 aliphatic rings. The molecular weight excluding hydrogens is 184 g/mol. The third-order valence-corrected chi connectivity index (χ3v) is 2.84. The monoisotopic (exact) mass is 208 g/mol. The van der Waals surface area contributed by atoms with Crippen molar-refractivity contribution in [2.24, 2.45) is 11.8 Å². The van der Waals surface area contributed by atoms with Crippen molar-refractivity contribution in [1.82, 2.24) is 10.2 Å². The number of terminal acetylenes is 1. The molecule has 2 nitrogen and oxygen atoms in total. The Balaban J connectivity index is 2.19. The molecule has 0 saturated heterocycles. The Morgan fingerprint density at radius 2 is 2.27 bits per heavy atom. The molecule has 0 spiro atoms. The molecule has 1 atom stereocenters. The second kappa shape index (κ2) is 6.87. The minimum absolute atomic E-state index is 0.692. The molecule has 0 aromatic carbocycles. The van der Waals surface area contributed by atoms with Gasteiger partial charge in [0.25, 0.3) is 0 Å². The van der Waals surface area contributed by atoms with Gasteiger partial charge >= 0.3 is 0 Å². The number of hydrogen-bond donors (Lipinski definition) is 1. The standard InChI is InChI=1S/C13H24N2/c1-4-8-15(11-13-6-7-13)10-12(3)9-14-5-2/h1,12-14H,5-11H2,2-3H3. The van der Waals surface area contributed by atoms with E-state index in [1.165, 1.54) is 19.4 Å². The van der Waals surface area contributed by atoms with E-state index in [1.54, 1.807) is 0 Å². The zero-order chi connectivity index (χ0) is 11.1. The molecule has 86 valence electrons. The lowest BCUT2D eigenvalue weighted by molar-refractivity contribution is 0.251. The Labute approximate surface area is 94.4 Å². The lowest BCUT2D eigenvalue weighted by Crippen LogP contribution is -2.35. The van der Waals surface area contributed by atoms with Gasteiger partial charge < -0.3 is 5.32 Å². The maximum absolute atomic E-state index is 5.39. The van der Waals surface area contributed by atoms with Gasteiger partial charge in [0.1, 0.15) is 0 Å². The van der Waals surface area contributed by atoms with Crippen LogP contribution < -0.4 is 5.32 Å². The van der Waals surface area contributed by atoms with Crippen LogP contribution in [-0.4, -0.2) is 37.6 Å². The first-order chi connectivity index (χ1) is 7.26. The van der Waals surface area contributed by atoms with E-state index in [0.29, 0.717) is 5.92 Å². The molecule has 15 heavy (non-hydrogen) atoms. The van der Waals surface area contributed by atoms with Crippen LogP contribution in [0.25, 0.3) is 0 Å². The average molecular weight is 208 g/mol. The molecule has 1 saturated carbocycles. The van der Waals surface area contributed by atoms with E-state index in [0.717, 1.165) is 32.1 Å². The van der Waals surface area contributed by atoms with Gasteiger partial charge in [-0.3, -0.25) is 4.90 Å². The van der Waals surface area contributed by atoms with Gasteiger partial charge in [0.05, 0.1) is 6.54 Å². The second-order valence-electron chi connectivity index (χ2n) is 4.75. The molecule has 0 amide bonds. The lowest BCUT2D eigenvalue weighted by atomic mass is 10.1. The van der Waals surface area contributed by atoms with Crippen molar-refractivity contribution in [1.29, 1.82) is 0 Å². The summed E-state index contributed by atoms with van der Waals surface area (Å²) < 4.78 is 0. The minimum Gasteiger partial charge on any atom is -0.317 e. The van der Waals surface area contributed by atoms with Crippen LogP contribution in [0.4, 0.5) is 0 Å². The minimum atomic E-state index is 0.692. The number of rotatable bonds is 8. The first-order valence-corrected chi connectivity index (χ1v) is 6.12. The van der Waals surface area contributed by atoms with E-state index in [4.69, 9.17) is 6.42 Å². The molecule has 0 bridgehead atoms. The Kier molecular flexibility index (Phi) is 5.75. The lowest BCUT2D eigenvalue weighted by Gasteiger charge is -2.23. The molecule has 0 radical (unpaired) electrons. The summed E-state index contributed by atoms with van der Waals surface area (Å²) in [5, 5.41) is 3.39. The molecule has 0 heterocycles. The van der Waals surface area contributed by atoms with Crippen LogP contribution in [-0.2, 0) is 0 Å². The normalized spacial score (nSPS) is 17.7. The van der Waals surface area contributed by atoms with Crippen LogP contribution in [0, 0.1) is 24.2 Å². The fourth-order valence-corrected chi connectivity index (χ4v) is 1.89. The quantitative estimate of drug-likeness (QED) is 0.609. The molecule has 1 rings (SSSR count). The highest BCUT2D eigenvalue weighted by atomic mass is 15.1. The highest BCUT2D eigenvalue weighted by Gasteiger charge is 2.24. The highest BCUT2D eigenvalue weighted by Crippen LogP contribution is 2.29. The average Bonchev–Trinajstić information content (AvgIpc) is 2.99. The van der Waals surface area contributed by atoms with E-state index < -0.39 is 0 Å². The van der Waals surface area contributed by atoms with Crippen molar-refractivity contribution in [3.8, 4) is 12.3 Å². The van der Waals surface area contributed by atoms with E-state index in [-0.39, 0.29) is 0 Å². The molecule has 1 fully saturated rings. The summed E-state index contributed by atoms with van der Waals surface area (Å²) in [7, 11) is 0. The van der Waals surface area contributed by atoms with E-state index in [9.17, 15) is 0 Å². The Bertz CT molecular complexity index is 203. The Morgan fingerprint density at radius 3 is 2.80 bits per heavy atom. The fraction of sp³-hybridized carbons (Fsp3) is 0.846. The smallest absolute Gasteiger partial charge is 0.0599 e. The van der Waals surface area contributed by atoms with Crippen molar-refractivity contribution >= 4 is 0 Å². The highest BCUT2D eigenvalue weighted by molar-refractivity contribution is 4.90. The summed E-state index contributed by atoms with van der Waals surface area (Å²) in [4.78, 5) is 2.43. The first kappa shape index (κ1) is 12.5. The van der Waals surface area contributed by atoms with Crippen LogP contribution in [0.2, 0.25) is 0 Å². The molecule has 0 aromatic rings. The summed E-state index contributed by atoms with van der Waals surface area (Å²) >= 11 is 0. The Hall–Kier alpha value is -0.520. The first-order valence-electron chi connectivity index (χ1n) is 6.12. The zero-order valence-corrected chi connectivity index (χ0v) is 10.1. The van der Waals surface area contributed by atoms with E-state index >= 15 is 0 Å². The summed E-state index contributed by atoms with van der Waals surface area (Å²) in [5.41, 5.74) is 0. The molecular formula is C13H24N2. The molecule has 0 aromatic heterocycles. The number of nitrogens with zero attached hydrogens (tertiary/aromatic N) is 1. The topological polar surface area (TPSA) is 15.3 Å². The van der Waals surface area contributed by atoms with Crippen molar-refractivity contribution < 1.29 is 0 Å². The van der Waals surface area contributed by atoms with Crippen LogP contribution >= 0.6 is 0 Å². The van der Waals surface area contributed by atoms with Crippen LogP contribution in [0.1, 0.15) is 26.7 Å². The van der Waals surface area contributed by atoms with Crippen LogP contribution in [0.5, 0.6) is 0 Å². The predicted octanol–water partition coefficient (Wildman–Crippen LogP) is 1.58. The van der Waals surface area contributed by atoms with Gasteiger partial charge in [-0.1, -0.05) is 19.8 Å². The van der Waals surface area contributed by atoms with Crippen LogP contribution in [0.3, 0.4) is 0 Å². The number of hydrogen-bond acceptors (Lipinski definition) is 2. The summed E-state index contributed by atoms with van der Waals surface area (Å²) in [5.74, 6) is 4.39. The van der Waals surface area contributed by atoms with Crippen molar-refractivity contribution in [3.05, 3.63) is 0 Å². The third-order valence-electron chi connectivity index (χ3n) is 2.84.